The molecule has 6 amide bonds. The van der Waals surface area contributed by atoms with Crippen molar-refractivity contribution in [2.45, 2.75) is 95.8 Å². The number of ketones is 2. The van der Waals surface area contributed by atoms with E-state index in [0.717, 1.165) is 17.1 Å². The molecule has 5 aliphatic rings. The summed E-state index contributed by atoms with van der Waals surface area (Å²) in [4.78, 5) is 106. The Kier molecular flexibility index (Phi) is 15.2. The molecule has 2 aromatic rings. The van der Waals surface area contributed by atoms with E-state index >= 15 is 0 Å². The van der Waals surface area contributed by atoms with Gasteiger partial charge in [0.2, 0.25) is 29.4 Å². The monoisotopic (exact) mass is 950 g/mol. The third-order valence-electron chi connectivity index (χ3n) is 12.7. The Labute approximate surface area is 390 Å². The van der Waals surface area contributed by atoms with Gasteiger partial charge in [0.05, 0.1) is 61.9 Å². The van der Waals surface area contributed by atoms with Crippen molar-refractivity contribution < 1.29 is 76.7 Å². The summed E-state index contributed by atoms with van der Waals surface area (Å²) in [5.41, 5.74) is -0.953. The van der Waals surface area contributed by atoms with E-state index < -0.39 is 118 Å². The molecular weight excluding hydrogens is 896 g/mol. The number of aromatic hydroxyl groups is 2. The number of hydrogen-bond acceptors (Lipinski definition) is 16. The lowest BCUT2D eigenvalue weighted by Gasteiger charge is -2.40. The molecule has 0 bridgehead atoms. The van der Waals surface area contributed by atoms with Gasteiger partial charge in [-0.25, -0.2) is 0 Å². The van der Waals surface area contributed by atoms with Crippen LogP contribution in [0.3, 0.4) is 0 Å². The van der Waals surface area contributed by atoms with Crippen molar-refractivity contribution in [3.05, 3.63) is 63.7 Å². The Morgan fingerprint density at radius 2 is 1.68 bits per heavy atom. The van der Waals surface area contributed by atoms with Crippen LogP contribution in [-0.2, 0) is 54.1 Å². The summed E-state index contributed by atoms with van der Waals surface area (Å²) in [5, 5.41) is 32.2. The van der Waals surface area contributed by atoms with Gasteiger partial charge in [-0.3, -0.25) is 43.3 Å². The molecule has 21 nitrogen and oxygen atoms in total. The van der Waals surface area contributed by atoms with Crippen LogP contribution in [0.1, 0.15) is 95.5 Å². The first kappa shape index (κ1) is 49.6. The van der Waals surface area contributed by atoms with Crippen molar-refractivity contribution in [2.24, 2.45) is 5.92 Å². The number of morpholine rings is 1. The van der Waals surface area contributed by atoms with Gasteiger partial charge >= 0.3 is 0 Å². The van der Waals surface area contributed by atoms with Gasteiger partial charge in [0.25, 0.3) is 11.8 Å². The van der Waals surface area contributed by atoms with E-state index in [-0.39, 0.29) is 93.1 Å². The molecule has 68 heavy (non-hydrogen) atoms. The highest BCUT2D eigenvalue weighted by Crippen LogP contribution is 2.51. The first-order valence-corrected chi connectivity index (χ1v) is 22.4. The molecule has 0 radical (unpaired) electrons. The van der Waals surface area contributed by atoms with E-state index in [2.05, 4.69) is 16.0 Å². The minimum absolute atomic E-state index is 0.00761. The molecule has 3 aliphatic heterocycles. The number of methoxy groups -OCH3 is 1. The molecule has 22 heteroatoms. The minimum atomic E-state index is -1.16. The van der Waals surface area contributed by atoms with E-state index in [9.17, 15) is 53.1 Å². The second kappa shape index (κ2) is 20.9. The number of benzene rings is 2. The van der Waals surface area contributed by atoms with Crippen LogP contribution in [0.25, 0.3) is 0 Å². The second-order valence-electron chi connectivity index (χ2n) is 17.3. The largest absolute Gasteiger partial charge is 0.507 e. The maximum Gasteiger partial charge on any atom is 0.253 e. The van der Waals surface area contributed by atoms with Gasteiger partial charge in [-0.05, 0) is 46.1 Å². The number of halogens is 1. The third kappa shape index (κ3) is 10.2. The Morgan fingerprint density at radius 1 is 0.956 bits per heavy atom. The van der Waals surface area contributed by atoms with Gasteiger partial charge in [-0.1, -0.05) is 12.1 Å². The van der Waals surface area contributed by atoms with Crippen LogP contribution in [-0.4, -0.2) is 163 Å². The number of ether oxygens (including phenoxy) is 5. The summed E-state index contributed by atoms with van der Waals surface area (Å²) in [6.07, 6.45) is -1.83. The molecule has 2 fully saturated rings. The van der Waals surface area contributed by atoms with Crippen LogP contribution in [0.4, 0.5) is 4.48 Å². The number of carbonyl (C=O) groups excluding carboxylic acids is 8. The van der Waals surface area contributed by atoms with Crippen LogP contribution < -0.4 is 20.7 Å². The molecule has 5 N–H and O–H groups in total. The molecule has 3 heterocycles. The molecule has 7 rings (SSSR count). The van der Waals surface area contributed by atoms with Gasteiger partial charge in [0.15, 0.2) is 18.3 Å². The molecule has 0 spiro atoms. The maximum atomic E-state index is 14.5. The molecule has 366 valence electrons. The Hall–Kier alpha value is -6.33. The Bertz CT molecular complexity index is 2400. The molecule has 0 aromatic heterocycles. The standard InChI is InChI=1S/C46H55FN6O15/c1-22(49-31(54)13-15-52-32(55)10-11-33(52)56)44(61)50-23(2)46(63)51(4)16-14-48-45(62)25-19-27-37(30(20-25)68-35-12-9-28(24(3)66-35)67-34-21-65-18-17-53(34)47)43(60)39-38(41(27)58)40(57)26-7-6-8-29(64-5)36(26)42(39)59/h6-8,10-11,22-25,28,30,34-35,58,60H,9,12-21H2,1-5H3,(H,48,62)(H,49,54)(H,50,61)/t22?,23-,24-,25?,28-,30-,34?,35?/m0/s1. The summed E-state index contributed by atoms with van der Waals surface area (Å²) < 4.78 is 43.9. The average Bonchev–Trinajstić information content (AvgIpc) is 3.64. The molecule has 2 aromatic carbocycles. The highest BCUT2D eigenvalue weighted by Gasteiger charge is 2.45. The number of rotatable bonds is 16. The fourth-order valence-electron chi connectivity index (χ4n) is 9.04. The number of hydrogen-bond donors (Lipinski definition) is 5. The molecule has 2 saturated heterocycles. The average molecular weight is 951 g/mol. The van der Waals surface area contributed by atoms with Crippen LogP contribution in [0.15, 0.2) is 30.4 Å². The predicted octanol–water partition coefficient (Wildman–Crippen LogP) is 0.854. The molecule has 2 aliphatic carbocycles. The highest BCUT2D eigenvalue weighted by atomic mass is 19.2. The SMILES string of the molecule is COc1cccc2c1C(=O)c1c(O)c3c(c(O)c1C2=O)CC(C(=O)NCCN(C)C(=O)[C@H](C)NC(=O)C(C)NC(=O)CCN1C(=O)C=CC1=O)C[C@@H]3OC1CC[C@H](OC2COCCN2F)[C@H](C)O1. The summed E-state index contributed by atoms with van der Waals surface area (Å²) in [6.45, 7) is 4.67. The molecule has 4 unspecified atom stereocenters. The first-order valence-electron chi connectivity index (χ1n) is 22.4. The normalized spacial score (nSPS) is 24.4. The van der Waals surface area contributed by atoms with Crippen LogP contribution in [0.5, 0.6) is 17.2 Å². The van der Waals surface area contributed by atoms with Gasteiger partial charge in [0.1, 0.15) is 29.3 Å². The highest BCUT2D eigenvalue weighted by molar-refractivity contribution is 6.31. The lowest BCUT2D eigenvalue weighted by molar-refractivity contribution is -0.283. The Morgan fingerprint density at radius 3 is 2.37 bits per heavy atom. The van der Waals surface area contributed by atoms with Crippen molar-refractivity contribution in [2.75, 3.05) is 53.6 Å². The number of phenolic OH excluding ortho intramolecular Hbond substituents is 2. The predicted molar refractivity (Wildman–Crippen MR) is 232 cm³/mol. The lowest BCUT2D eigenvalue weighted by atomic mass is 9.74. The summed E-state index contributed by atoms with van der Waals surface area (Å²) in [7, 11) is 2.80. The van der Waals surface area contributed by atoms with E-state index in [1.54, 1.807) is 6.92 Å². The quantitative estimate of drug-likeness (QED) is 0.0757. The van der Waals surface area contributed by atoms with Crippen LogP contribution in [0.2, 0.25) is 0 Å². The topological polar surface area (TPSA) is 269 Å². The number of nitrogens with zero attached hydrogens (tertiary/aromatic N) is 3. The zero-order valence-electron chi connectivity index (χ0n) is 38.2. The van der Waals surface area contributed by atoms with Crippen molar-refractivity contribution in [1.29, 1.82) is 0 Å². The zero-order chi connectivity index (χ0) is 49.1. The van der Waals surface area contributed by atoms with Gasteiger partial charge in [-0.15, -0.1) is 9.60 Å². The third-order valence-corrected chi connectivity index (χ3v) is 12.7. The van der Waals surface area contributed by atoms with Crippen molar-refractivity contribution in [3.63, 3.8) is 0 Å². The van der Waals surface area contributed by atoms with Gasteiger partial charge in [0, 0.05) is 74.3 Å². The van der Waals surface area contributed by atoms with Crippen molar-refractivity contribution in [1.82, 2.24) is 30.9 Å². The maximum absolute atomic E-state index is 14.5. The van der Waals surface area contributed by atoms with Crippen LogP contribution in [0, 0.1) is 5.92 Å². The summed E-state index contributed by atoms with van der Waals surface area (Å²) >= 11 is 0. The molecule has 8 atom stereocenters. The Balaban J connectivity index is 1.01. The minimum Gasteiger partial charge on any atom is -0.507 e. The zero-order valence-corrected chi connectivity index (χ0v) is 38.2. The summed E-state index contributed by atoms with van der Waals surface area (Å²) in [6, 6.07) is 2.32. The smallest absolute Gasteiger partial charge is 0.253 e. The number of imide groups is 1. The number of amides is 6. The van der Waals surface area contributed by atoms with E-state index in [4.69, 9.17) is 23.7 Å². The molecule has 0 saturated carbocycles. The number of nitrogens with one attached hydrogen (secondary N) is 3. The van der Waals surface area contributed by atoms with E-state index in [1.807, 2.05) is 0 Å². The van der Waals surface area contributed by atoms with Crippen molar-refractivity contribution >= 4 is 47.0 Å². The van der Waals surface area contributed by atoms with Gasteiger partial charge in [-0.2, -0.15) is 0 Å². The van der Waals surface area contributed by atoms with Crippen molar-refractivity contribution in [3.8, 4) is 17.2 Å². The number of fused-ring (bicyclic) bond motifs is 3. The van der Waals surface area contributed by atoms with Gasteiger partial charge < -0.3 is 54.7 Å². The fraction of sp³-hybridized carbons (Fsp3) is 0.522. The second-order valence-corrected chi connectivity index (χ2v) is 17.3. The number of phenols is 2. The lowest BCUT2D eigenvalue weighted by Crippen LogP contribution is -2.52. The fourth-order valence-corrected chi connectivity index (χ4v) is 9.04. The van der Waals surface area contributed by atoms with Crippen LogP contribution >= 0.6 is 0 Å². The molecular formula is C46H55FN6O15. The van der Waals surface area contributed by atoms with E-state index in [0.29, 0.717) is 11.5 Å². The first-order chi connectivity index (χ1) is 32.4. The van der Waals surface area contributed by atoms with E-state index in [1.165, 1.54) is 51.1 Å². The summed E-state index contributed by atoms with van der Waals surface area (Å²) in [5.74, 6) is -6.89. The number of carbonyl (C=O) groups is 8. The number of likely N-dealkylation sites (N-methyl/N-ethyl adjacent to an activating group) is 1.